The van der Waals surface area contributed by atoms with Crippen molar-refractivity contribution < 1.29 is 71.4 Å². The van der Waals surface area contributed by atoms with Gasteiger partial charge in [-0.2, -0.15) is 4.98 Å². The van der Waals surface area contributed by atoms with Gasteiger partial charge >= 0.3 is 11.4 Å². The fourth-order valence-electron chi connectivity index (χ4n) is 5.86. The monoisotopic (exact) mass is 826 g/mol. The van der Waals surface area contributed by atoms with Crippen LogP contribution < -0.4 is 42.2 Å². The van der Waals surface area contributed by atoms with E-state index in [0.717, 1.165) is 4.57 Å². The highest BCUT2D eigenvalue weighted by Crippen LogP contribution is 2.63. The van der Waals surface area contributed by atoms with Crippen molar-refractivity contribution in [2.75, 3.05) is 36.2 Å². The molecule has 0 bridgehead atoms. The second-order valence-electron chi connectivity index (χ2n) is 11.7. The average molecular weight is 827 g/mol. The Morgan fingerprint density at radius 2 is 1.51 bits per heavy atom. The molecule has 2 fully saturated rings. The van der Waals surface area contributed by atoms with Crippen LogP contribution in [0.4, 0.5) is 17.7 Å². The SMILES string of the molecule is CC1=[C+]N([C@@H]2O[C@H](COP(=O)([O-])OP([O-])(=S)OP(=O)([O-])OC[C@H]3O[C@@H](n4ccc5c(=O)[nH]c(N)nc54)[C@@H](O)C3O)C(O)C2CO)c2nc(N)[nH]c(=O)c21. The number of aromatic nitrogens is 5. The lowest BCUT2D eigenvalue weighted by Gasteiger charge is -2.37. The quantitative estimate of drug-likeness (QED) is 0.0595. The minimum absolute atomic E-state index is 0.0208. The number of anilines is 3. The Balaban J connectivity index is 1.05. The molecule has 29 heteroatoms. The molecule has 25 nitrogen and oxygen atoms in total. The predicted octanol–water partition coefficient (Wildman–Crippen LogP) is -4.44. The van der Waals surface area contributed by atoms with Gasteiger partial charge in [0.2, 0.25) is 17.5 Å². The van der Waals surface area contributed by atoms with Crippen LogP contribution in [0.5, 0.6) is 0 Å². The Bertz CT molecular complexity index is 2200. The normalized spacial score (nSPS) is 30.4. The standard InChI is InChI=1S/C24H31N8O17P3S/c1-8-4-32(18-13(8)20(38)30-24(26)28-18)21-10(5-33)14(34)11(46-21)6-44-50(39,40)48-52(43,53)49-51(41,42)45-7-12-15(35)16(36)22(47-12)31-3-2-9-17(31)27-23(25)29-19(9)37/h2-3,10-12,14-16,21-22,33-36H,5-7H2,1H3,(H8-,25,26,27,28,29,30,37,38,39,40,41,42,43,53)/p-2/t10?,11-,12-,14?,15?,16+,21-,22-,52?/m1/s1. The Morgan fingerprint density at radius 3 is 2.13 bits per heavy atom. The molecular weight excluding hydrogens is 797 g/mol. The molecule has 3 aliphatic heterocycles. The van der Waals surface area contributed by atoms with Crippen LogP contribution in [0.2, 0.25) is 0 Å². The molecule has 10 N–H and O–H groups in total. The average Bonchev–Trinajstić information content (AvgIpc) is 3.77. The number of aliphatic hydroxyl groups excluding tert-OH is 4. The summed E-state index contributed by atoms with van der Waals surface area (Å²) < 4.78 is 54.9. The van der Waals surface area contributed by atoms with E-state index in [1.807, 2.05) is 0 Å². The van der Waals surface area contributed by atoms with E-state index in [4.69, 9.17) is 20.9 Å². The third-order valence-electron chi connectivity index (χ3n) is 8.18. The molecule has 3 aliphatic rings. The van der Waals surface area contributed by atoms with Crippen LogP contribution in [0, 0.1) is 12.1 Å². The van der Waals surface area contributed by atoms with Gasteiger partial charge in [-0.1, -0.05) is 11.8 Å². The van der Waals surface area contributed by atoms with E-state index in [-0.39, 0.29) is 34.3 Å². The first kappa shape index (κ1) is 39.6. The number of nitrogens with one attached hydrogen (secondary N) is 2. The molecule has 0 amide bonds. The third kappa shape index (κ3) is 8.02. The van der Waals surface area contributed by atoms with Crippen LogP contribution in [0.3, 0.4) is 0 Å². The van der Waals surface area contributed by atoms with Crippen molar-refractivity contribution in [2.45, 2.75) is 49.9 Å². The van der Waals surface area contributed by atoms with Gasteiger partial charge in [0.25, 0.3) is 21.2 Å². The Morgan fingerprint density at radius 1 is 0.943 bits per heavy atom. The first-order chi connectivity index (χ1) is 24.7. The summed E-state index contributed by atoms with van der Waals surface area (Å²) >= 11 is 4.40. The number of hydrogen-bond acceptors (Lipinski definition) is 23. The smallest absolute Gasteiger partial charge is 0.332 e. The number of phosphoric ester groups is 2. The van der Waals surface area contributed by atoms with Crippen LogP contribution in [0.15, 0.2) is 21.9 Å². The van der Waals surface area contributed by atoms with E-state index in [1.165, 1.54) is 24.1 Å². The van der Waals surface area contributed by atoms with Crippen molar-refractivity contribution in [3.8, 4) is 0 Å². The molecule has 6 heterocycles. The second kappa shape index (κ2) is 14.5. The maximum atomic E-state index is 12.7. The summed E-state index contributed by atoms with van der Waals surface area (Å²) in [5.41, 5.74) is 10.4. The highest BCUT2D eigenvalue weighted by atomic mass is 32.5. The molecule has 2 saturated heterocycles. The number of allylic oxidation sites excluding steroid dienone is 1. The van der Waals surface area contributed by atoms with Crippen molar-refractivity contribution in [3.63, 3.8) is 0 Å². The van der Waals surface area contributed by atoms with Crippen molar-refractivity contribution in [1.29, 1.82) is 0 Å². The van der Waals surface area contributed by atoms with Gasteiger partial charge in [-0.05, 0) is 13.0 Å². The number of fused-ring (bicyclic) bond motifs is 2. The van der Waals surface area contributed by atoms with Gasteiger partial charge in [0, 0.05) is 6.20 Å². The molecule has 6 unspecified atom stereocenters. The van der Waals surface area contributed by atoms with Gasteiger partial charge < -0.3 is 69.7 Å². The zero-order valence-corrected chi connectivity index (χ0v) is 30.2. The van der Waals surface area contributed by atoms with E-state index < -0.39 is 102 Å². The molecule has 0 spiro atoms. The molecular formula is C24H29N8O17P3S-2. The summed E-state index contributed by atoms with van der Waals surface area (Å²) in [5, 5.41) is 41.8. The Labute approximate surface area is 300 Å². The number of H-pyrrole nitrogens is 2. The van der Waals surface area contributed by atoms with Crippen LogP contribution in [0.1, 0.15) is 18.7 Å². The van der Waals surface area contributed by atoms with E-state index in [2.05, 4.69) is 55.6 Å². The Kier molecular flexibility index (Phi) is 10.9. The van der Waals surface area contributed by atoms with E-state index in [9.17, 15) is 53.8 Å². The third-order valence-corrected chi connectivity index (χ3v) is 13.5. The number of nitrogens with two attached hydrogens (primary N) is 2. The lowest BCUT2D eigenvalue weighted by molar-refractivity contribution is -0.244. The summed E-state index contributed by atoms with van der Waals surface area (Å²) in [6.07, 6.45) is -6.87. The molecule has 0 aromatic carbocycles. The maximum absolute atomic E-state index is 12.7. The van der Waals surface area contributed by atoms with Crippen LogP contribution >= 0.6 is 22.4 Å². The number of hydrogen-bond donors (Lipinski definition) is 8. The van der Waals surface area contributed by atoms with Crippen LogP contribution in [0.25, 0.3) is 16.6 Å². The summed E-state index contributed by atoms with van der Waals surface area (Å²) in [7, 11) is -11.6. The van der Waals surface area contributed by atoms with Gasteiger partial charge in [-0.25, -0.2) is 0 Å². The molecule has 0 saturated carbocycles. The first-order valence-corrected chi connectivity index (χ1v) is 20.5. The second-order valence-corrected chi connectivity index (χ2v) is 17.6. The van der Waals surface area contributed by atoms with E-state index in [0.29, 0.717) is 5.57 Å². The van der Waals surface area contributed by atoms with Crippen molar-refractivity contribution in [2.24, 2.45) is 5.92 Å². The number of nitrogen functional groups attached to an aromatic ring is 2. The highest BCUT2D eigenvalue weighted by molar-refractivity contribution is 8.09. The van der Waals surface area contributed by atoms with Crippen molar-refractivity contribution >= 4 is 68.5 Å². The minimum atomic E-state index is -5.81. The summed E-state index contributed by atoms with van der Waals surface area (Å²) in [4.78, 5) is 76.0. The molecule has 53 heavy (non-hydrogen) atoms. The topological polar surface area (TPSA) is 391 Å². The van der Waals surface area contributed by atoms with Gasteiger partial charge in [-0.3, -0.25) is 37.3 Å². The minimum Gasteiger partial charge on any atom is -0.779 e. The molecule has 290 valence electrons. The number of aliphatic hydroxyl groups is 4. The van der Waals surface area contributed by atoms with Crippen LogP contribution in [-0.4, -0.2) is 101 Å². The number of ether oxygens (including phenoxy) is 2. The first-order valence-electron chi connectivity index (χ1n) is 15.0. The maximum Gasteiger partial charge on any atom is 0.332 e. The summed E-state index contributed by atoms with van der Waals surface area (Å²) in [6.45, 7) is -6.85. The fraction of sp³-hybridized carbons (Fsp3) is 0.500. The summed E-state index contributed by atoms with van der Waals surface area (Å²) in [5.74, 6) is -1.70. The molecule has 3 aromatic heterocycles. The molecule has 6 rings (SSSR count). The van der Waals surface area contributed by atoms with Crippen LogP contribution in [-0.2, 0) is 48.1 Å². The fourth-order valence-corrected chi connectivity index (χ4v) is 10.7. The lowest BCUT2D eigenvalue weighted by atomic mass is 10.0. The summed E-state index contributed by atoms with van der Waals surface area (Å²) in [6, 6.07) is 1.32. The van der Waals surface area contributed by atoms with E-state index >= 15 is 0 Å². The van der Waals surface area contributed by atoms with Gasteiger partial charge in [0.05, 0.1) is 37.2 Å². The van der Waals surface area contributed by atoms with Gasteiger partial charge in [0.1, 0.15) is 37.3 Å². The molecule has 0 radical (unpaired) electrons. The molecule has 0 aliphatic carbocycles. The zero-order valence-electron chi connectivity index (χ0n) is 26.7. The molecule has 11 atom stereocenters. The van der Waals surface area contributed by atoms with Gasteiger partial charge in [-0.15, -0.1) is 9.88 Å². The lowest BCUT2D eigenvalue weighted by Crippen LogP contribution is -2.40. The van der Waals surface area contributed by atoms with E-state index in [1.54, 1.807) is 0 Å². The molecule has 3 aromatic rings. The van der Waals surface area contributed by atoms with Crippen molar-refractivity contribution in [1.82, 2.24) is 24.5 Å². The highest BCUT2D eigenvalue weighted by Gasteiger charge is 2.53. The number of aromatic amines is 2. The van der Waals surface area contributed by atoms with Gasteiger partial charge in [0.15, 0.2) is 23.7 Å². The largest absolute Gasteiger partial charge is 0.779 e. The predicted molar refractivity (Wildman–Crippen MR) is 174 cm³/mol. The number of nitrogens with zero attached hydrogens (tertiary/aromatic N) is 4. The number of phosphoric acid groups is 2. The zero-order chi connectivity index (χ0) is 38.8. The van der Waals surface area contributed by atoms with Crippen molar-refractivity contribution in [3.05, 3.63) is 44.7 Å². The number of rotatable bonds is 13. The Hall–Kier alpha value is -3.06.